The first kappa shape index (κ1) is 24.7. The highest BCUT2D eigenvalue weighted by Crippen LogP contribution is 2.34. The lowest BCUT2D eigenvalue weighted by atomic mass is 10.1. The summed E-state index contributed by atoms with van der Waals surface area (Å²) < 4.78 is 27.9. The van der Waals surface area contributed by atoms with E-state index in [1.165, 1.54) is 18.5 Å². The highest BCUT2D eigenvalue weighted by Gasteiger charge is 2.14. The summed E-state index contributed by atoms with van der Waals surface area (Å²) in [5.41, 5.74) is 9.85. The van der Waals surface area contributed by atoms with Crippen molar-refractivity contribution in [2.45, 2.75) is 33.9 Å². The normalized spacial score (nSPS) is 10.6. The van der Waals surface area contributed by atoms with Gasteiger partial charge in [-0.25, -0.2) is 14.4 Å². The van der Waals surface area contributed by atoms with Crippen LogP contribution in [-0.2, 0) is 13.2 Å². The van der Waals surface area contributed by atoms with E-state index >= 15 is 0 Å². The fourth-order valence-electron chi connectivity index (χ4n) is 3.87. The largest absolute Gasteiger partial charge is 0.489 e. The van der Waals surface area contributed by atoms with Gasteiger partial charge in [0, 0.05) is 36.5 Å². The second-order valence-corrected chi connectivity index (χ2v) is 7.81. The quantitative estimate of drug-likeness (QED) is 0.264. The van der Waals surface area contributed by atoms with Crippen LogP contribution in [0.3, 0.4) is 0 Å². The van der Waals surface area contributed by atoms with Crippen molar-refractivity contribution >= 4 is 16.9 Å². The maximum absolute atomic E-state index is 14.2. The molecule has 0 aliphatic heterocycles. The fraction of sp³-hybridized carbons (Fsp3) is 0.172. The van der Waals surface area contributed by atoms with Crippen molar-refractivity contribution in [3.63, 3.8) is 0 Å². The molecule has 0 aliphatic rings. The van der Waals surface area contributed by atoms with Gasteiger partial charge in [0.15, 0.2) is 0 Å². The molecule has 5 rings (SSSR count). The first-order valence-electron chi connectivity index (χ1n) is 12.0. The van der Waals surface area contributed by atoms with E-state index in [0.717, 1.165) is 34.3 Å². The molecule has 0 unspecified atom stereocenters. The summed E-state index contributed by atoms with van der Waals surface area (Å²) in [5.74, 6) is 1.34. The molecular formula is C29H29FN4O2. The molecule has 2 aromatic heterocycles. The Morgan fingerprint density at radius 2 is 1.61 bits per heavy atom. The first-order valence-corrected chi connectivity index (χ1v) is 12.0. The highest BCUT2D eigenvalue weighted by atomic mass is 19.1. The molecule has 2 N–H and O–H groups in total. The van der Waals surface area contributed by atoms with Gasteiger partial charge in [-0.1, -0.05) is 56.3 Å². The molecule has 0 fully saturated rings. The lowest BCUT2D eigenvalue weighted by molar-refractivity contribution is 0.303. The van der Waals surface area contributed by atoms with Gasteiger partial charge < -0.3 is 19.8 Å². The van der Waals surface area contributed by atoms with Crippen molar-refractivity contribution in [3.8, 4) is 28.4 Å². The van der Waals surface area contributed by atoms with E-state index in [2.05, 4.69) is 16.9 Å². The summed E-state index contributed by atoms with van der Waals surface area (Å²) >= 11 is 0. The number of nitrogens with two attached hydrogens (primary N) is 1. The van der Waals surface area contributed by atoms with Gasteiger partial charge in [0.2, 0.25) is 0 Å². The number of benzene rings is 3. The van der Waals surface area contributed by atoms with Crippen LogP contribution < -0.4 is 15.2 Å². The average molecular weight is 485 g/mol. The zero-order valence-corrected chi connectivity index (χ0v) is 20.6. The van der Waals surface area contributed by atoms with Crippen LogP contribution in [0.25, 0.3) is 22.2 Å². The second kappa shape index (κ2) is 11.4. The van der Waals surface area contributed by atoms with Gasteiger partial charge in [0.05, 0.1) is 5.39 Å². The van der Waals surface area contributed by atoms with Crippen LogP contribution in [0.5, 0.6) is 17.2 Å². The lowest BCUT2D eigenvalue weighted by Crippen LogP contribution is -1.96. The van der Waals surface area contributed by atoms with Crippen molar-refractivity contribution in [2.24, 2.45) is 0 Å². The molecule has 0 spiro atoms. The van der Waals surface area contributed by atoms with E-state index < -0.39 is 5.82 Å². The van der Waals surface area contributed by atoms with Crippen molar-refractivity contribution in [2.75, 3.05) is 5.73 Å². The summed E-state index contributed by atoms with van der Waals surface area (Å²) in [6.45, 7) is 7.16. The minimum atomic E-state index is -0.431. The SMILES string of the molecule is CC.CCn1cc(-c2ccc(Oc3cc(F)cc(OCc4ccccc4)c3)cc2)c2c(N)ncnc21. The number of aromatic nitrogens is 3. The Kier molecular flexibility index (Phi) is 7.80. The standard InChI is InChI=1S/C27H23FN4O2.C2H6/c1-2-32-15-24(25-26(29)30-17-31-27(25)32)19-8-10-21(11-9-19)34-23-13-20(28)12-22(14-23)33-16-18-6-4-3-5-7-18;1-2/h3-15,17H,2,16H2,1H3,(H2,29,30,31);1-2H3. The molecule has 184 valence electrons. The van der Waals surface area contributed by atoms with Gasteiger partial charge >= 0.3 is 0 Å². The molecule has 0 saturated carbocycles. The first-order chi connectivity index (χ1) is 17.6. The zero-order valence-electron chi connectivity index (χ0n) is 20.6. The number of hydrogen-bond acceptors (Lipinski definition) is 5. The number of fused-ring (bicyclic) bond motifs is 1. The summed E-state index contributed by atoms with van der Waals surface area (Å²) in [4.78, 5) is 8.53. The molecule has 6 nitrogen and oxygen atoms in total. The monoisotopic (exact) mass is 484 g/mol. The number of nitrogen functional groups attached to an aromatic ring is 1. The molecule has 36 heavy (non-hydrogen) atoms. The van der Waals surface area contributed by atoms with E-state index in [1.807, 2.05) is 79.2 Å². The lowest BCUT2D eigenvalue weighted by Gasteiger charge is -2.11. The van der Waals surface area contributed by atoms with Crippen LogP contribution >= 0.6 is 0 Å². The third kappa shape index (κ3) is 5.46. The zero-order chi connectivity index (χ0) is 25.5. The number of anilines is 1. The van der Waals surface area contributed by atoms with Gasteiger partial charge in [-0.05, 0) is 30.2 Å². The molecule has 0 amide bonds. The fourth-order valence-corrected chi connectivity index (χ4v) is 3.87. The van der Waals surface area contributed by atoms with Crippen LogP contribution in [0.1, 0.15) is 26.3 Å². The summed E-state index contributed by atoms with van der Waals surface area (Å²) in [5, 5.41) is 0.823. The summed E-state index contributed by atoms with van der Waals surface area (Å²) in [6, 6.07) is 21.6. The molecule has 0 bridgehead atoms. The van der Waals surface area contributed by atoms with Gasteiger partial charge in [0.25, 0.3) is 0 Å². The average Bonchev–Trinajstić information content (AvgIpc) is 3.30. The maximum atomic E-state index is 14.2. The van der Waals surface area contributed by atoms with Crippen LogP contribution in [0.4, 0.5) is 10.2 Å². The Bertz CT molecular complexity index is 1430. The minimum Gasteiger partial charge on any atom is -0.489 e. The molecule has 3 aromatic carbocycles. The smallest absolute Gasteiger partial charge is 0.146 e. The van der Waals surface area contributed by atoms with Crippen molar-refractivity contribution in [1.82, 2.24) is 14.5 Å². The molecule has 0 atom stereocenters. The van der Waals surface area contributed by atoms with Gasteiger partial charge in [-0.3, -0.25) is 0 Å². The Morgan fingerprint density at radius 3 is 2.33 bits per heavy atom. The molecule has 7 heteroatoms. The van der Waals surface area contributed by atoms with Gasteiger partial charge in [-0.2, -0.15) is 0 Å². The van der Waals surface area contributed by atoms with E-state index in [1.54, 1.807) is 6.07 Å². The molecule has 0 radical (unpaired) electrons. The number of rotatable bonds is 7. The van der Waals surface area contributed by atoms with Gasteiger partial charge in [-0.15, -0.1) is 0 Å². The Morgan fingerprint density at radius 1 is 0.889 bits per heavy atom. The predicted molar refractivity (Wildman–Crippen MR) is 142 cm³/mol. The van der Waals surface area contributed by atoms with Crippen molar-refractivity contribution < 1.29 is 13.9 Å². The number of nitrogens with zero attached hydrogens (tertiary/aromatic N) is 3. The number of halogens is 1. The van der Waals surface area contributed by atoms with E-state index in [9.17, 15) is 4.39 Å². The predicted octanol–water partition coefficient (Wildman–Crippen LogP) is 7.24. The Hall–Kier alpha value is -4.39. The maximum Gasteiger partial charge on any atom is 0.146 e. The van der Waals surface area contributed by atoms with Crippen LogP contribution in [0, 0.1) is 5.82 Å². The number of hydrogen-bond donors (Lipinski definition) is 1. The molecule has 0 aliphatic carbocycles. The van der Waals surface area contributed by atoms with Crippen molar-refractivity contribution in [1.29, 1.82) is 0 Å². The number of ether oxygens (including phenoxy) is 2. The van der Waals surface area contributed by atoms with E-state index in [0.29, 0.717) is 29.7 Å². The number of aryl methyl sites for hydroxylation is 1. The van der Waals surface area contributed by atoms with Crippen molar-refractivity contribution in [3.05, 3.63) is 96.7 Å². The molecule has 5 aromatic rings. The van der Waals surface area contributed by atoms with E-state index in [-0.39, 0.29) is 0 Å². The third-order valence-corrected chi connectivity index (χ3v) is 5.52. The van der Waals surface area contributed by atoms with Crippen LogP contribution in [0.15, 0.2) is 85.3 Å². The Balaban J connectivity index is 0.00000148. The van der Waals surface area contributed by atoms with Crippen LogP contribution in [0.2, 0.25) is 0 Å². The van der Waals surface area contributed by atoms with Gasteiger partial charge in [0.1, 0.15) is 47.5 Å². The topological polar surface area (TPSA) is 75.2 Å². The molecule has 0 saturated heterocycles. The molecule has 2 heterocycles. The minimum absolute atomic E-state index is 0.344. The molecular weight excluding hydrogens is 455 g/mol. The third-order valence-electron chi connectivity index (χ3n) is 5.52. The summed E-state index contributed by atoms with van der Waals surface area (Å²) in [7, 11) is 0. The van der Waals surface area contributed by atoms with Crippen LogP contribution in [-0.4, -0.2) is 14.5 Å². The highest BCUT2D eigenvalue weighted by molar-refractivity contribution is 6.00. The van der Waals surface area contributed by atoms with E-state index in [4.69, 9.17) is 15.2 Å². The Labute approximate surface area is 210 Å². The second-order valence-electron chi connectivity index (χ2n) is 7.81. The summed E-state index contributed by atoms with van der Waals surface area (Å²) in [6.07, 6.45) is 3.50.